The van der Waals surface area contributed by atoms with Crippen LogP contribution in [0.2, 0.25) is 0 Å². The summed E-state index contributed by atoms with van der Waals surface area (Å²) in [7, 11) is 0. The zero-order valence-electron chi connectivity index (χ0n) is 11.4. The first kappa shape index (κ1) is 15.1. The SMILES string of the molecule is Cc1cc(OCCN2CCOCC2)cc(C(F)(F)F)c1. The molecule has 0 atom stereocenters. The van der Waals surface area contributed by atoms with Crippen molar-refractivity contribution in [3.8, 4) is 5.75 Å². The summed E-state index contributed by atoms with van der Waals surface area (Å²) in [6.07, 6.45) is -4.34. The molecule has 2 rings (SSSR count). The number of nitrogens with zero attached hydrogens (tertiary/aromatic N) is 1. The number of halogens is 3. The summed E-state index contributed by atoms with van der Waals surface area (Å²) in [4.78, 5) is 2.17. The van der Waals surface area contributed by atoms with E-state index in [2.05, 4.69) is 4.90 Å². The van der Waals surface area contributed by atoms with Crippen LogP contribution in [0, 0.1) is 6.92 Å². The van der Waals surface area contributed by atoms with Crippen molar-refractivity contribution in [2.24, 2.45) is 0 Å². The molecule has 6 heteroatoms. The van der Waals surface area contributed by atoms with Gasteiger partial charge in [-0.25, -0.2) is 0 Å². The van der Waals surface area contributed by atoms with Crippen LogP contribution in [0.5, 0.6) is 5.75 Å². The van der Waals surface area contributed by atoms with E-state index in [9.17, 15) is 13.2 Å². The van der Waals surface area contributed by atoms with Gasteiger partial charge in [-0.1, -0.05) is 0 Å². The van der Waals surface area contributed by atoms with Crippen LogP contribution in [0.4, 0.5) is 13.2 Å². The highest BCUT2D eigenvalue weighted by atomic mass is 19.4. The van der Waals surface area contributed by atoms with E-state index in [0.717, 1.165) is 25.2 Å². The molecule has 0 saturated carbocycles. The van der Waals surface area contributed by atoms with Gasteiger partial charge in [-0.05, 0) is 30.7 Å². The Morgan fingerprint density at radius 3 is 2.55 bits per heavy atom. The molecule has 1 saturated heterocycles. The summed E-state index contributed by atoms with van der Waals surface area (Å²) >= 11 is 0. The van der Waals surface area contributed by atoms with Crippen LogP contribution in [0.25, 0.3) is 0 Å². The number of hydrogen-bond donors (Lipinski definition) is 0. The summed E-state index contributed by atoms with van der Waals surface area (Å²) in [5.41, 5.74) is -0.125. The molecule has 0 aliphatic carbocycles. The van der Waals surface area contributed by atoms with Crippen molar-refractivity contribution in [2.75, 3.05) is 39.5 Å². The molecule has 1 aliphatic heterocycles. The van der Waals surface area contributed by atoms with Gasteiger partial charge in [0.15, 0.2) is 0 Å². The van der Waals surface area contributed by atoms with Crippen molar-refractivity contribution >= 4 is 0 Å². The van der Waals surface area contributed by atoms with Gasteiger partial charge in [0, 0.05) is 19.6 Å². The van der Waals surface area contributed by atoms with Gasteiger partial charge in [-0.15, -0.1) is 0 Å². The number of alkyl halides is 3. The molecule has 20 heavy (non-hydrogen) atoms. The summed E-state index contributed by atoms with van der Waals surface area (Å²) < 4.78 is 48.7. The Morgan fingerprint density at radius 2 is 1.90 bits per heavy atom. The van der Waals surface area contributed by atoms with E-state index in [4.69, 9.17) is 9.47 Å². The Bertz CT molecular complexity index is 443. The first-order valence-corrected chi connectivity index (χ1v) is 6.57. The van der Waals surface area contributed by atoms with Crippen LogP contribution in [0.3, 0.4) is 0 Å². The van der Waals surface area contributed by atoms with Crippen molar-refractivity contribution in [1.82, 2.24) is 4.90 Å². The normalized spacial score (nSPS) is 17.2. The van der Waals surface area contributed by atoms with Gasteiger partial charge in [0.2, 0.25) is 0 Å². The second kappa shape index (κ2) is 6.45. The first-order chi connectivity index (χ1) is 9.45. The lowest BCUT2D eigenvalue weighted by atomic mass is 10.1. The van der Waals surface area contributed by atoms with Crippen LogP contribution in [0.15, 0.2) is 18.2 Å². The molecule has 0 bridgehead atoms. The van der Waals surface area contributed by atoms with E-state index in [1.807, 2.05) is 0 Å². The smallest absolute Gasteiger partial charge is 0.416 e. The molecule has 0 unspecified atom stereocenters. The van der Waals surface area contributed by atoms with Gasteiger partial charge in [0.05, 0.1) is 18.8 Å². The van der Waals surface area contributed by atoms with Crippen molar-refractivity contribution in [2.45, 2.75) is 13.1 Å². The third kappa shape index (κ3) is 4.38. The molecule has 1 fully saturated rings. The van der Waals surface area contributed by atoms with Gasteiger partial charge in [-0.3, -0.25) is 4.90 Å². The Labute approximate surface area is 116 Å². The van der Waals surface area contributed by atoms with Crippen LogP contribution in [-0.2, 0) is 10.9 Å². The fourth-order valence-electron chi connectivity index (χ4n) is 2.11. The monoisotopic (exact) mass is 289 g/mol. The molecule has 0 spiro atoms. The fourth-order valence-corrected chi connectivity index (χ4v) is 2.11. The largest absolute Gasteiger partial charge is 0.492 e. The molecule has 112 valence electrons. The minimum Gasteiger partial charge on any atom is -0.492 e. The standard InChI is InChI=1S/C14H18F3NO2/c1-11-8-12(14(15,16)17)10-13(9-11)20-7-4-18-2-5-19-6-3-18/h8-10H,2-7H2,1H3. The van der Waals surface area contributed by atoms with E-state index in [0.29, 0.717) is 31.9 Å². The average molecular weight is 289 g/mol. The maximum atomic E-state index is 12.7. The lowest BCUT2D eigenvalue weighted by molar-refractivity contribution is -0.137. The zero-order valence-corrected chi connectivity index (χ0v) is 11.4. The van der Waals surface area contributed by atoms with Crippen LogP contribution < -0.4 is 4.74 Å². The second-order valence-corrected chi connectivity index (χ2v) is 4.83. The van der Waals surface area contributed by atoms with Gasteiger partial charge >= 0.3 is 6.18 Å². The summed E-state index contributed by atoms with van der Waals surface area (Å²) in [6.45, 7) is 5.77. The zero-order chi connectivity index (χ0) is 14.6. The quantitative estimate of drug-likeness (QED) is 0.850. The molecule has 3 nitrogen and oxygen atoms in total. The topological polar surface area (TPSA) is 21.7 Å². The lowest BCUT2D eigenvalue weighted by Gasteiger charge is -2.26. The summed E-state index contributed by atoms with van der Waals surface area (Å²) in [5.74, 6) is 0.269. The van der Waals surface area contributed by atoms with Crippen LogP contribution >= 0.6 is 0 Å². The minimum absolute atomic E-state index is 0.269. The maximum Gasteiger partial charge on any atom is 0.416 e. The number of aryl methyl sites for hydroxylation is 1. The van der Waals surface area contributed by atoms with Crippen molar-refractivity contribution < 1.29 is 22.6 Å². The molecule has 0 N–H and O–H groups in total. The highest BCUT2D eigenvalue weighted by Crippen LogP contribution is 2.32. The van der Waals surface area contributed by atoms with Crippen LogP contribution in [0.1, 0.15) is 11.1 Å². The van der Waals surface area contributed by atoms with Crippen molar-refractivity contribution in [3.05, 3.63) is 29.3 Å². The van der Waals surface area contributed by atoms with E-state index in [1.165, 1.54) is 0 Å². The van der Waals surface area contributed by atoms with E-state index in [1.54, 1.807) is 13.0 Å². The highest BCUT2D eigenvalue weighted by Gasteiger charge is 2.31. The Balaban J connectivity index is 1.90. The number of benzene rings is 1. The number of rotatable bonds is 4. The molecule has 0 aromatic heterocycles. The molecule has 1 aromatic rings. The van der Waals surface area contributed by atoms with Gasteiger partial charge < -0.3 is 9.47 Å². The summed E-state index contributed by atoms with van der Waals surface area (Å²) in [6, 6.07) is 3.79. The predicted octanol–water partition coefficient (Wildman–Crippen LogP) is 2.72. The number of ether oxygens (including phenoxy) is 2. The first-order valence-electron chi connectivity index (χ1n) is 6.57. The minimum atomic E-state index is -4.34. The third-order valence-corrected chi connectivity index (χ3v) is 3.16. The summed E-state index contributed by atoms with van der Waals surface area (Å²) in [5, 5.41) is 0. The van der Waals surface area contributed by atoms with Crippen LogP contribution in [-0.4, -0.2) is 44.4 Å². The number of hydrogen-bond acceptors (Lipinski definition) is 3. The van der Waals surface area contributed by atoms with Crippen molar-refractivity contribution in [1.29, 1.82) is 0 Å². The highest BCUT2D eigenvalue weighted by molar-refractivity contribution is 5.35. The predicted molar refractivity (Wildman–Crippen MR) is 68.9 cm³/mol. The molecular weight excluding hydrogens is 271 g/mol. The molecule has 1 aromatic carbocycles. The maximum absolute atomic E-state index is 12.7. The number of morpholine rings is 1. The second-order valence-electron chi connectivity index (χ2n) is 4.83. The van der Waals surface area contributed by atoms with E-state index in [-0.39, 0.29) is 5.75 Å². The third-order valence-electron chi connectivity index (χ3n) is 3.16. The van der Waals surface area contributed by atoms with Crippen molar-refractivity contribution in [3.63, 3.8) is 0 Å². The van der Waals surface area contributed by atoms with E-state index >= 15 is 0 Å². The van der Waals surface area contributed by atoms with Gasteiger partial charge in [0.1, 0.15) is 12.4 Å². The molecular formula is C14H18F3NO2. The van der Waals surface area contributed by atoms with Gasteiger partial charge in [-0.2, -0.15) is 13.2 Å². The fraction of sp³-hybridized carbons (Fsp3) is 0.571. The molecule has 0 radical (unpaired) electrons. The Hall–Kier alpha value is -1.27. The van der Waals surface area contributed by atoms with Gasteiger partial charge in [0.25, 0.3) is 0 Å². The Kier molecular flexibility index (Phi) is 4.88. The molecule has 1 heterocycles. The van der Waals surface area contributed by atoms with E-state index < -0.39 is 11.7 Å². The molecule has 1 aliphatic rings. The lowest BCUT2D eigenvalue weighted by Crippen LogP contribution is -2.38. The average Bonchev–Trinajstić information content (AvgIpc) is 2.38. The molecule has 0 amide bonds. The Morgan fingerprint density at radius 1 is 1.20 bits per heavy atom.